The molecular weight excluding hydrogens is 273 g/mol. The van der Waals surface area contributed by atoms with Gasteiger partial charge in [0.15, 0.2) is 0 Å². The van der Waals surface area contributed by atoms with Gasteiger partial charge in [0, 0.05) is 6.42 Å². The van der Waals surface area contributed by atoms with E-state index >= 15 is 0 Å². The van der Waals surface area contributed by atoms with Gasteiger partial charge in [-0.2, -0.15) is 0 Å². The maximum Gasteiger partial charge on any atom is 0.326 e. The maximum atomic E-state index is 12.9. The van der Waals surface area contributed by atoms with E-state index < -0.39 is 5.54 Å². The fraction of sp³-hybridized carbons (Fsp3) is 0.562. The van der Waals surface area contributed by atoms with Gasteiger partial charge in [0.05, 0.1) is 7.11 Å². The highest BCUT2D eigenvalue weighted by Crippen LogP contribution is 2.34. The third-order valence-corrected chi connectivity index (χ3v) is 3.88. The SMILES string of the molecule is CCCNC1(C(=O)OC)CCC(Oc2ccc(F)cc2)C1. The molecule has 1 N–H and O–H groups in total. The number of hydrogen-bond donors (Lipinski definition) is 1. The van der Waals surface area contributed by atoms with Crippen LogP contribution in [-0.2, 0) is 9.53 Å². The first kappa shape index (κ1) is 15.8. The number of rotatable bonds is 6. The molecule has 0 bridgehead atoms. The van der Waals surface area contributed by atoms with Gasteiger partial charge in [0.2, 0.25) is 0 Å². The number of carbonyl (C=O) groups excluding carboxylic acids is 1. The molecule has 1 aliphatic carbocycles. The minimum absolute atomic E-state index is 0.0704. The zero-order chi connectivity index (χ0) is 15.3. The van der Waals surface area contributed by atoms with Crippen LogP contribution in [0.4, 0.5) is 4.39 Å². The monoisotopic (exact) mass is 295 g/mol. The molecule has 1 aromatic carbocycles. The summed E-state index contributed by atoms with van der Waals surface area (Å²) in [6.07, 6.45) is 2.90. The average molecular weight is 295 g/mol. The smallest absolute Gasteiger partial charge is 0.326 e. The minimum Gasteiger partial charge on any atom is -0.490 e. The second-order valence-electron chi connectivity index (χ2n) is 5.44. The van der Waals surface area contributed by atoms with Crippen molar-refractivity contribution in [3.8, 4) is 5.75 Å². The number of methoxy groups -OCH3 is 1. The summed E-state index contributed by atoms with van der Waals surface area (Å²) in [4.78, 5) is 12.1. The number of ether oxygens (including phenoxy) is 2. The molecule has 1 aliphatic rings. The molecule has 0 aliphatic heterocycles. The Bertz CT molecular complexity index is 477. The molecule has 4 nitrogen and oxygen atoms in total. The Morgan fingerprint density at radius 3 is 2.76 bits per heavy atom. The zero-order valence-electron chi connectivity index (χ0n) is 12.5. The lowest BCUT2D eigenvalue weighted by molar-refractivity contribution is -0.148. The summed E-state index contributed by atoms with van der Waals surface area (Å²) >= 11 is 0. The highest BCUT2D eigenvalue weighted by molar-refractivity contribution is 5.81. The third kappa shape index (κ3) is 3.73. The van der Waals surface area contributed by atoms with Crippen LogP contribution in [0.3, 0.4) is 0 Å². The van der Waals surface area contributed by atoms with Gasteiger partial charge in [0.25, 0.3) is 0 Å². The van der Waals surface area contributed by atoms with Gasteiger partial charge < -0.3 is 14.8 Å². The Morgan fingerprint density at radius 2 is 2.14 bits per heavy atom. The summed E-state index contributed by atoms with van der Waals surface area (Å²) in [5.74, 6) is 0.0982. The lowest BCUT2D eigenvalue weighted by atomic mass is 9.97. The van der Waals surface area contributed by atoms with Crippen LogP contribution in [0, 0.1) is 5.82 Å². The summed E-state index contributed by atoms with van der Waals surface area (Å²) in [5, 5.41) is 3.31. The summed E-state index contributed by atoms with van der Waals surface area (Å²) in [6.45, 7) is 2.82. The van der Waals surface area contributed by atoms with Crippen LogP contribution in [0.15, 0.2) is 24.3 Å². The standard InChI is InChI=1S/C16H22FNO3/c1-3-10-18-16(15(19)20-2)9-8-14(11-16)21-13-6-4-12(17)5-7-13/h4-7,14,18H,3,8-11H2,1-2H3. The van der Waals surface area contributed by atoms with Crippen LogP contribution in [0.2, 0.25) is 0 Å². The molecule has 1 aromatic rings. The highest BCUT2D eigenvalue weighted by Gasteiger charge is 2.46. The van der Waals surface area contributed by atoms with Crippen LogP contribution in [-0.4, -0.2) is 31.3 Å². The molecule has 5 heteroatoms. The van der Waals surface area contributed by atoms with Crippen LogP contribution < -0.4 is 10.1 Å². The number of esters is 1. The third-order valence-electron chi connectivity index (χ3n) is 3.88. The van der Waals surface area contributed by atoms with Gasteiger partial charge in [-0.3, -0.25) is 4.79 Å². The predicted molar refractivity (Wildman–Crippen MR) is 77.7 cm³/mol. The molecule has 0 radical (unpaired) electrons. The average Bonchev–Trinajstić information content (AvgIpc) is 2.91. The second kappa shape index (κ2) is 6.89. The zero-order valence-corrected chi connectivity index (χ0v) is 12.5. The number of halogens is 1. The van der Waals surface area contributed by atoms with Gasteiger partial charge in [-0.25, -0.2) is 4.39 Å². The van der Waals surface area contributed by atoms with E-state index in [1.54, 1.807) is 12.1 Å². The minimum atomic E-state index is -0.657. The summed E-state index contributed by atoms with van der Waals surface area (Å²) in [5.41, 5.74) is -0.657. The number of hydrogen-bond acceptors (Lipinski definition) is 4. The topological polar surface area (TPSA) is 47.6 Å². The van der Waals surface area contributed by atoms with Crippen molar-refractivity contribution in [3.05, 3.63) is 30.1 Å². The van der Waals surface area contributed by atoms with Gasteiger partial charge in [-0.05, 0) is 50.1 Å². The van der Waals surface area contributed by atoms with Crippen LogP contribution >= 0.6 is 0 Å². The van der Waals surface area contributed by atoms with E-state index in [4.69, 9.17) is 9.47 Å². The molecule has 0 aromatic heterocycles. The first-order chi connectivity index (χ1) is 10.1. The van der Waals surface area contributed by atoms with Crippen molar-refractivity contribution >= 4 is 5.97 Å². The first-order valence-electron chi connectivity index (χ1n) is 7.35. The van der Waals surface area contributed by atoms with Crippen LogP contribution in [0.25, 0.3) is 0 Å². The molecule has 0 spiro atoms. The first-order valence-corrected chi connectivity index (χ1v) is 7.35. The van der Waals surface area contributed by atoms with Crippen molar-refractivity contribution in [2.75, 3.05) is 13.7 Å². The molecule has 21 heavy (non-hydrogen) atoms. The quantitative estimate of drug-likeness (QED) is 0.820. The van der Waals surface area contributed by atoms with Crippen molar-refractivity contribution in [2.45, 2.75) is 44.2 Å². The van der Waals surface area contributed by atoms with Crippen LogP contribution in [0.1, 0.15) is 32.6 Å². The molecule has 2 rings (SSSR count). The Morgan fingerprint density at radius 1 is 1.43 bits per heavy atom. The van der Waals surface area contributed by atoms with E-state index in [1.807, 2.05) is 0 Å². The van der Waals surface area contributed by atoms with Gasteiger partial charge >= 0.3 is 5.97 Å². The number of benzene rings is 1. The fourth-order valence-corrected chi connectivity index (χ4v) is 2.78. The molecule has 2 unspecified atom stereocenters. The van der Waals surface area contributed by atoms with E-state index in [1.165, 1.54) is 19.2 Å². The van der Waals surface area contributed by atoms with Gasteiger partial charge in [-0.15, -0.1) is 0 Å². The normalized spacial score (nSPS) is 24.8. The molecule has 1 fully saturated rings. The highest BCUT2D eigenvalue weighted by atomic mass is 19.1. The molecular formula is C16H22FNO3. The number of nitrogens with one attached hydrogen (secondary N) is 1. The molecule has 0 amide bonds. The van der Waals surface area contributed by atoms with Gasteiger partial charge in [0.1, 0.15) is 23.2 Å². The van der Waals surface area contributed by atoms with Gasteiger partial charge in [-0.1, -0.05) is 6.92 Å². The van der Waals surface area contributed by atoms with E-state index in [9.17, 15) is 9.18 Å². The Balaban J connectivity index is 2.01. The molecule has 1 saturated carbocycles. The molecule has 116 valence electrons. The van der Waals surface area contributed by atoms with E-state index in [0.29, 0.717) is 18.6 Å². The number of carbonyl (C=O) groups is 1. The Labute approximate surface area is 124 Å². The van der Waals surface area contributed by atoms with E-state index in [2.05, 4.69) is 12.2 Å². The summed E-state index contributed by atoms with van der Waals surface area (Å²) in [7, 11) is 1.41. The van der Waals surface area contributed by atoms with Crippen molar-refractivity contribution in [2.24, 2.45) is 0 Å². The Kier molecular flexibility index (Phi) is 5.17. The van der Waals surface area contributed by atoms with Crippen molar-refractivity contribution in [1.82, 2.24) is 5.32 Å². The fourth-order valence-electron chi connectivity index (χ4n) is 2.78. The van der Waals surface area contributed by atoms with E-state index in [-0.39, 0.29) is 17.9 Å². The predicted octanol–water partition coefficient (Wildman–Crippen LogP) is 2.67. The second-order valence-corrected chi connectivity index (χ2v) is 5.44. The van der Waals surface area contributed by atoms with Crippen molar-refractivity contribution < 1.29 is 18.7 Å². The largest absolute Gasteiger partial charge is 0.490 e. The lowest BCUT2D eigenvalue weighted by Gasteiger charge is -2.27. The maximum absolute atomic E-state index is 12.9. The summed E-state index contributed by atoms with van der Waals surface area (Å²) in [6, 6.07) is 5.94. The Hall–Kier alpha value is -1.62. The van der Waals surface area contributed by atoms with Crippen molar-refractivity contribution in [3.63, 3.8) is 0 Å². The molecule has 0 heterocycles. The van der Waals surface area contributed by atoms with E-state index in [0.717, 1.165) is 19.4 Å². The molecule has 2 atom stereocenters. The van der Waals surface area contributed by atoms with Crippen LogP contribution in [0.5, 0.6) is 5.75 Å². The molecule has 0 saturated heterocycles. The lowest BCUT2D eigenvalue weighted by Crippen LogP contribution is -2.51. The van der Waals surface area contributed by atoms with Crippen molar-refractivity contribution in [1.29, 1.82) is 0 Å². The summed E-state index contributed by atoms with van der Waals surface area (Å²) < 4.78 is 23.7.